The molecule has 0 saturated carbocycles. The van der Waals surface area contributed by atoms with E-state index in [0.717, 1.165) is 5.56 Å². The maximum atomic E-state index is 12.7. The zero-order chi connectivity index (χ0) is 21.2. The molecule has 158 valence electrons. The first-order valence-electron chi connectivity index (χ1n) is 10.2. The molecular formula is C22H30N2O5. The molecule has 2 N–H and O–H groups in total. The molecule has 7 nitrogen and oxygen atoms in total. The van der Waals surface area contributed by atoms with Crippen molar-refractivity contribution in [2.45, 2.75) is 76.8 Å². The highest BCUT2D eigenvalue weighted by atomic mass is 16.6. The summed E-state index contributed by atoms with van der Waals surface area (Å²) < 4.78 is 10.9. The van der Waals surface area contributed by atoms with Crippen molar-refractivity contribution in [2.75, 3.05) is 0 Å². The minimum atomic E-state index is -0.704. The second-order valence-corrected chi connectivity index (χ2v) is 8.89. The fraction of sp³-hybridized carbons (Fsp3) is 0.591. The molecule has 1 aromatic carbocycles. The first kappa shape index (κ1) is 21.3. The van der Waals surface area contributed by atoms with E-state index in [1.165, 1.54) is 0 Å². The lowest BCUT2D eigenvalue weighted by molar-refractivity contribution is -0.165. The molecule has 1 amide bonds. The number of nitrogens with zero attached hydrogens (tertiary/aromatic N) is 1. The van der Waals surface area contributed by atoms with Crippen molar-refractivity contribution in [2.24, 2.45) is 11.7 Å². The Kier molecular flexibility index (Phi) is 6.27. The van der Waals surface area contributed by atoms with E-state index in [-0.39, 0.29) is 36.9 Å². The van der Waals surface area contributed by atoms with Gasteiger partial charge in [0.05, 0.1) is 12.5 Å². The molecule has 3 rings (SSSR count). The van der Waals surface area contributed by atoms with Crippen LogP contribution in [0.3, 0.4) is 0 Å². The molecule has 0 radical (unpaired) electrons. The Balaban J connectivity index is 1.68. The lowest BCUT2D eigenvalue weighted by Gasteiger charge is -2.37. The molecule has 2 heterocycles. The summed E-state index contributed by atoms with van der Waals surface area (Å²) in [6, 6.07) is 7.96. The van der Waals surface area contributed by atoms with Crippen LogP contribution in [0.1, 0.15) is 52.0 Å². The molecule has 0 spiro atoms. The Morgan fingerprint density at radius 1 is 1.17 bits per heavy atom. The van der Waals surface area contributed by atoms with E-state index in [1.807, 2.05) is 30.3 Å². The zero-order valence-corrected chi connectivity index (χ0v) is 17.3. The summed E-state index contributed by atoms with van der Waals surface area (Å²) in [4.78, 5) is 39.4. The minimum Gasteiger partial charge on any atom is -0.461 e. The highest BCUT2D eigenvalue weighted by Gasteiger charge is 2.51. The van der Waals surface area contributed by atoms with Crippen LogP contribution < -0.4 is 5.73 Å². The van der Waals surface area contributed by atoms with Crippen LogP contribution in [-0.2, 0) is 30.5 Å². The van der Waals surface area contributed by atoms with Crippen LogP contribution in [0, 0.1) is 5.92 Å². The van der Waals surface area contributed by atoms with E-state index in [1.54, 1.807) is 25.7 Å². The number of carbonyl (C=O) groups is 3. The maximum absolute atomic E-state index is 12.7. The SMILES string of the molecule is CC(C)(C)OC(=O)[C@@H]1C[C@H](CC(=O)OCc2ccccc2)[C@H]2CC[C@@H](N)C(=O)N21. The van der Waals surface area contributed by atoms with E-state index >= 15 is 0 Å². The molecule has 0 aromatic heterocycles. The third kappa shape index (κ3) is 5.15. The second-order valence-electron chi connectivity index (χ2n) is 8.89. The van der Waals surface area contributed by atoms with Gasteiger partial charge in [-0.25, -0.2) is 4.79 Å². The number of rotatable bonds is 5. The lowest BCUT2D eigenvalue weighted by atomic mass is 9.89. The van der Waals surface area contributed by atoms with Crippen LogP contribution in [0.4, 0.5) is 0 Å². The molecule has 2 aliphatic heterocycles. The van der Waals surface area contributed by atoms with Crippen molar-refractivity contribution in [3.05, 3.63) is 35.9 Å². The number of esters is 2. The van der Waals surface area contributed by atoms with Gasteiger partial charge in [-0.05, 0) is 51.5 Å². The van der Waals surface area contributed by atoms with Crippen molar-refractivity contribution >= 4 is 17.8 Å². The highest BCUT2D eigenvalue weighted by Crippen LogP contribution is 2.39. The predicted molar refractivity (Wildman–Crippen MR) is 106 cm³/mol. The van der Waals surface area contributed by atoms with Crippen LogP contribution in [0.5, 0.6) is 0 Å². The molecule has 0 unspecified atom stereocenters. The fourth-order valence-corrected chi connectivity index (χ4v) is 4.18. The number of fused-ring (bicyclic) bond motifs is 1. The Morgan fingerprint density at radius 2 is 1.86 bits per heavy atom. The monoisotopic (exact) mass is 402 g/mol. The van der Waals surface area contributed by atoms with Gasteiger partial charge in [-0.1, -0.05) is 30.3 Å². The van der Waals surface area contributed by atoms with E-state index in [9.17, 15) is 14.4 Å². The highest BCUT2D eigenvalue weighted by molar-refractivity contribution is 5.89. The van der Waals surface area contributed by atoms with Crippen LogP contribution in [0.25, 0.3) is 0 Å². The topological polar surface area (TPSA) is 98.9 Å². The van der Waals surface area contributed by atoms with Crippen LogP contribution >= 0.6 is 0 Å². The third-order valence-electron chi connectivity index (χ3n) is 5.46. The molecule has 2 aliphatic rings. The van der Waals surface area contributed by atoms with Crippen molar-refractivity contribution in [1.82, 2.24) is 4.90 Å². The van der Waals surface area contributed by atoms with E-state index in [2.05, 4.69) is 0 Å². The Labute approximate surface area is 171 Å². The molecule has 2 saturated heterocycles. The Bertz CT molecular complexity index is 758. The normalized spacial score (nSPS) is 26.8. The Morgan fingerprint density at radius 3 is 2.52 bits per heavy atom. The summed E-state index contributed by atoms with van der Waals surface area (Å²) in [6.07, 6.45) is 1.77. The van der Waals surface area contributed by atoms with Gasteiger partial charge in [-0.3, -0.25) is 9.59 Å². The third-order valence-corrected chi connectivity index (χ3v) is 5.46. The van der Waals surface area contributed by atoms with E-state index < -0.39 is 23.7 Å². The lowest BCUT2D eigenvalue weighted by Crippen LogP contribution is -2.56. The molecular weight excluding hydrogens is 372 g/mol. The van der Waals surface area contributed by atoms with E-state index in [0.29, 0.717) is 19.3 Å². The van der Waals surface area contributed by atoms with Gasteiger partial charge in [0, 0.05) is 6.04 Å². The van der Waals surface area contributed by atoms with Gasteiger partial charge in [-0.2, -0.15) is 0 Å². The first-order valence-corrected chi connectivity index (χ1v) is 10.2. The quantitative estimate of drug-likeness (QED) is 0.758. The molecule has 0 bridgehead atoms. The summed E-state index contributed by atoms with van der Waals surface area (Å²) >= 11 is 0. The van der Waals surface area contributed by atoms with Gasteiger partial charge in [0.2, 0.25) is 5.91 Å². The summed E-state index contributed by atoms with van der Waals surface area (Å²) in [5, 5.41) is 0. The molecule has 0 aliphatic carbocycles. The molecule has 1 aromatic rings. The van der Waals surface area contributed by atoms with Crippen molar-refractivity contribution in [1.29, 1.82) is 0 Å². The first-order chi connectivity index (χ1) is 13.7. The van der Waals surface area contributed by atoms with Gasteiger partial charge in [-0.15, -0.1) is 0 Å². The second kappa shape index (κ2) is 8.53. The number of ether oxygens (including phenoxy) is 2. The number of nitrogens with two attached hydrogens (primary N) is 1. The largest absolute Gasteiger partial charge is 0.461 e. The number of benzene rings is 1. The summed E-state index contributed by atoms with van der Waals surface area (Å²) in [5.41, 5.74) is 6.21. The molecule has 4 atom stereocenters. The predicted octanol–water partition coefficient (Wildman–Crippen LogP) is 2.17. The number of hydrogen-bond donors (Lipinski definition) is 1. The molecule has 2 fully saturated rings. The number of hydrogen-bond acceptors (Lipinski definition) is 6. The van der Waals surface area contributed by atoms with Crippen LogP contribution in [0.15, 0.2) is 30.3 Å². The fourth-order valence-electron chi connectivity index (χ4n) is 4.18. The maximum Gasteiger partial charge on any atom is 0.329 e. The van der Waals surface area contributed by atoms with Gasteiger partial charge in [0.15, 0.2) is 0 Å². The molecule has 29 heavy (non-hydrogen) atoms. The zero-order valence-electron chi connectivity index (χ0n) is 17.3. The minimum absolute atomic E-state index is 0.146. The van der Waals surface area contributed by atoms with Gasteiger partial charge in [0.25, 0.3) is 0 Å². The number of carbonyl (C=O) groups excluding carboxylic acids is 3. The Hall–Kier alpha value is -2.41. The molecule has 7 heteroatoms. The van der Waals surface area contributed by atoms with Crippen LogP contribution in [0.2, 0.25) is 0 Å². The smallest absolute Gasteiger partial charge is 0.329 e. The summed E-state index contributed by atoms with van der Waals surface area (Å²) in [7, 11) is 0. The van der Waals surface area contributed by atoms with Crippen molar-refractivity contribution in [3.63, 3.8) is 0 Å². The number of piperidine rings is 1. The standard InChI is InChI=1S/C22H30N2O5/c1-22(2,3)29-21(27)18-11-15(17-10-9-16(23)20(26)24(17)18)12-19(25)28-13-14-7-5-4-6-8-14/h4-8,15-18H,9-13,23H2,1-3H3/t15-,16-,17-,18+/m1/s1. The van der Waals surface area contributed by atoms with Crippen LogP contribution in [-0.4, -0.2) is 46.5 Å². The van der Waals surface area contributed by atoms with Crippen molar-refractivity contribution in [3.8, 4) is 0 Å². The van der Waals surface area contributed by atoms with E-state index in [4.69, 9.17) is 15.2 Å². The summed E-state index contributed by atoms with van der Waals surface area (Å²) in [6.45, 7) is 5.58. The number of amides is 1. The van der Waals surface area contributed by atoms with Gasteiger partial charge >= 0.3 is 11.9 Å². The average molecular weight is 402 g/mol. The summed E-state index contributed by atoms with van der Waals surface area (Å²) in [5.74, 6) is -1.15. The van der Waals surface area contributed by atoms with Gasteiger partial charge < -0.3 is 20.1 Å². The average Bonchev–Trinajstić information content (AvgIpc) is 3.02. The van der Waals surface area contributed by atoms with Crippen molar-refractivity contribution < 1.29 is 23.9 Å². The van der Waals surface area contributed by atoms with Gasteiger partial charge in [0.1, 0.15) is 18.2 Å².